The minimum atomic E-state index is -0.403. The van der Waals surface area contributed by atoms with Crippen molar-refractivity contribution in [1.29, 1.82) is 5.26 Å². The van der Waals surface area contributed by atoms with Gasteiger partial charge in [-0.3, -0.25) is 0 Å². The van der Waals surface area contributed by atoms with E-state index in [1.54, 1.807) is 7.11 Å². The Morgan fingerprint density at radius 3 is 2.67 bits per heavy atom. The Labute approximate surface area is 55.2 Å². The summed E-state index contributed by atoms with van der Waals surface area (Å²) >= 11 is 0. The molecule has 0 fully saturated rings. The average molecular weight is 129 g/mol. The molecule has 3 heteroatoms. The molecule has 0 amide bonds. The highest BCUT2D eigenvalue weighted by atomic mass is 16.5. The molecule has 1 atom stereocenters. The molecule has 0 aliphatic rings. The van der Waals surface area contributed by atoms with Gasteiger partial charge >= 0.3 is 0 Å². The van der Waals surface area contributed by atoms with Crippen molar-refractivity contribution >= 4 is 0 Å². The predicted molar refractivity (Wildman–Crippen MR) is 32.9 cm³/mol. The molecule has 0 N–H and O–H groups in total. The van der Waals surface area contributed by atoms with Crippen molar-refractivity contribution in [3.05, 3.63) is 0 Å². The van der Waals surface area contributed by atoms with Gasteiger partial charge in [-0.05, 0) is 6.92 Å². The second-order valence-electron chi connectivity index (χ2n) is 1.53. The van der Waals surface area contributed by atoms with Crippen molar-refractivity contribution in [2.45, 2.75) is 13.0 Å². The second-order valence-corrected chi connectivity index (χ2v) is 1.53. The molecule has 9 heavy (non-hydrogen) atoms. The number of nitrogens with zero attached hydrogens (tertiary/aromatic N) is 1. The molecular weight excluding hydrogens is 118 g/mol. The van der Waals surface area contributed by atoms with Crippen LogP contribution >= 0.6 is 0 Å². The molecule has 0 spiro atoms. The summed E-state index contributed by atoms with van der Waals surface area (Å²) in [5.74, 6) is 0. The Morgan fingerprint density at radius 2 is 2.33 bits per heavy atom. The minimum Gasteiger partial charge on any atom is -0.381 e. The first kappa shape index (κ1) is 8.41. The molecule has 52 valence electrons. The second kappa shape index (κ2) is 5.54. The van der Waals surface area contributed by atoms with Gasteiger partial charge in [0.25, 0.3) is 0 Å². The fourth-order valence-electron chi connectivity index (χ4n) is 0.475. The number of hydrogen-bond donors (Lipinski definition) is 0. The lowest BCUT2D eigenvalue weighted by atomic mass is 10.4. The normalized spacial score (nSPS) is 12.6. The Kier molecular flexibility index (Phi) is 5.18. The summed E-state index contributed by atoms with van der Waals surface area (Å²) in [6.07, 6.45) is -0.403. The lowest BCUT2D eigenvalue weighted by molar-refractivity contribution is 0.0364. The first-order valence-corrected chi connectivity index (χ1v) is 2.85. The summed E-state index contributed by atoms with van der Waals surface area (Å²) in [7, 11) is 1.54. The first-order chi connectivity index (χ1) is 4.35. The molecule has 0 radical (unpaired) electrons. The zero-order valence-corrected chi connectivity index (χ0v) is 5.76. The van der Waals surface area contributed by atoms with Crippen LogP contribution in [0.3, 0.4) is 0 Å². The number of ether oxygens (including phenoxy) is 2. The molecule has 0 bridgehead atoms. The lowest BCUT2D eigenvalue weighted by Crippen LogP contribution is -2.16. The number of hydrogen-bond acceptors (Lipinski definition) is 3. The van der Waals surface area contributed by atoms with Gasteiger partial charge in [-0.1, -0.05) is 0 Å². The zero-order valence-electron chi connectivity index (χ0n) is 5.76. The summed E-state index contributed by atoms with van der Waals surface area (Å²) in [5, 5.41) is 8.33. The summed E-state index contributed by atoms with van der Waals surface area (Å²) in [5.41, 5.74) is 0. The predicted octanol–water partition coefficient (Wildman–Crippen LogP) is 0.561. The van der Waals surface area contributed by atoms with Gasteiger partial charge in [0.2, 0.25) is 0 Å². The van der Waals surface area contributed by atoms with Gasteiger partial charge < -0.3 is 9.47 Å². The first-order valence-electron chi connectivity index (χ1n) is 2.85. The van der Waals surface area contributed by atoms with Crippen LogP contribution in [0.15, 0.2) is 0 Å². The fourth-order valence-corrected chi connectivity index (χ4v) is 0.475. The quantitative estimate of drug-likeness (QED) is 0.557. The van der Waals surface area contributed by atoms with Crippen LogP contribution in [0.25, 0.3) is 0 Å². The minimum absolute atomic E-state index is 0.352. The smallest absolute Gasteiger partial charge is 0.167 e. The van der Waals surface area contributed by atoms with Gasteiger partial charge in [-0.15, -0.1) is 0 Å². The third-order valence-electron chi connectivity index (χ3n) is 0.830. The van der Waals surface area contributed by atoms with E-state index >= 15 is 0 Å². The van der Waals surface area contributed by atoms with Crippen LogP contribution in [0.5, 0.6) is 0 Å². The van der Waals surface area contributed by atoms with Crippen LogP contribution in [0, 0.1) is 11.3 Å². The standard InChI is InChI=1S/C6H11NO2/c1-3-9-6(4-7)5-8-2/h6H,3,5H2,1-2H3. The van der Waals surface area contributed by atoms with E-state index in [0.717, 1.165) is 0 Å². The van der Waals surface area contributed by atoms with Crippen molar-refractivity contribution in [2.24, 2.45) is 0 Å². The highest BCUT2D eigenvalue weighted by Crippen LogP contribution is 1.88. The molecule has 0 aromatic heterocycles. The van der Waals surface area contributed by atoms with Crippen molar-refractivity contribution in [3.63, 3.8) is 0 Å². The van der Waals surface area contributed by atoms with E-state index in [0.29, 0.717) is 13.2 Å². The summed E-state index contributed by atoms with van der Waals surface area (Å²) < 4.78 is 9.65. The van der Waals surface area contributed by atoms with Crippen LogP contribution < -0.4 is 0 Å². The highest BCUT2D eigenvalue weighted by molar-refractivity contribution is 4.83. The van der Waals surface area contributed by atoms with Crippen molar-refractivity contribution in [2.75, 3.05) is 20.3 Å². The van der Waals surface area contributed by atoms with Gasteiger partial charge in [0, 0.05) is 13.7 Å². The summed E-state index contributed by atoms with van der Waals surface area (Å²) in [6, 6.07) is 1.96. The fraction of sp³-hybridized carbons (Fsp3) is 0.833. The average Bonchev–Trinajstić information content (AvgIpc) is 1.88. The molecule has 0 saturated heterocycles. The monoisotopic (exact) mass is 129 g/mol. The third-order valence-corrected chi connectivity index (χ3v) is 0.830. The molecule has 1 unspecified atom stereocenters. The van der Waals surface area contributed by atoms with Crippen LogP contribution in [-0.2, 0) is 9.47 Å². The van der Waals surface area contributed by atoms with Crippen molar-refractivity contribution in [1.82, 2.24) is 0 Å². The Morgan fingerprint density at radius 1 is 1.67 bits per heavy atom. The maximum atomic E-state index is 8.33. The SMILES string of the molecule is CCOC(C#N)COC. The van der Waals surface area contributed by atoms with Gasteiger partial charge in [-0.2, -0.15) is 5.26 Å². The van der Waals surface area contributed by atoms with Crippen LogP contribution in [0.4, 0.5) is 0 Å². The molecule has 0 aromatic rings. The van der Waals surface area contributed by atoms with Crippen LogP contribution in [0.2, 0.25) is 0 Å². The van der Waals surface area contributed by atoms with Gasteiger partial charge in [-0.25, -0.2) is 0 Å². The molecule has 0 aromatic carbocycles. The number of methoxy groups -OCH3 is 1. The number of rotatable bonds is 4. The summed E-state index contributed by atoms with van der Waals surface area (Å²) in [6.45, 7) is 2.76. The topological polar surface area (TPSA) is 42.2 Å². The zero-order chi connectivity index (χ0) is 7.11. The van der Waals surface area contributed by atoms with E-state index in [-0.39, 0.29) is 0 Å². The van der Waals surface area contributed by atoms with E-state index in [1.807, 2.05) is 13.0 Å². The molecule has 0 saturated carbocycles. The van der Waals surface area contributed by atoms with E-state index in [1.165, 1.54) is 0 Å². The maximum Gasteiger partial charge on any atom is 0.167 e. The van der Waals surface area contributed by atoms with Gasteiger partial charge in [0.1, 0.15) is 0 Å². The highest BCUT2D eigenvalue weighted by Gasteiger charge is 2.03. The molecular formula is C6H11NO2. The van der Waals surface area contributed by atoms with Gasteiger partial charge in [0.15, 0.2) is 6.10 Å². The van der Waals surface area contributed by atoms with E-state index in [4.69, 9.17) is 14.7 Å². The van der Waals surface area contributed by atoms with E-state index in [9.17, 15) is 0 Å². The third kappa shape index (κ3) is 3.95. The molecule has 0 aliphatic heterocycles. The van der Waals surface area contributed by atoms with Crippen molar-refractivity contribution < 1.29 is 9.47 Å². The van der Waals surface area contributed by atoms with Crippen LogP contribution in [0.1, 0.15) is 6.92 Å². The maximum absolute atomic E-state index is 8.33. The molecule has 0 aliphatic carbocycles. The molecule has 0 rings (SSSR count). The Balaban J connectivity index is 3.32. The Hall–Kier alpha value is -0.590. The van der Waals surface area contributed by atoms with Gasteiger partial charge in [0.05, 0.1) is 12.7 Å². The lowest BCUT2D eigenvalue weighted by Gasteiger charge is -2.05. The van der Waals surface area contributed by atoms with Crippen molar-refractivity contribution in [3.8, 4) is 6.07 Å². The summed E-state index contributed by atoms with van der Waals surface area (Å²) in [4.78, 5) is 0. The largest absolute Gasteiger partial charge is 0.381 e. The van der Waals surface area contributed by atoms with E-state index < -0.39 is 6.10 Å². The van der Waals surface area contributed by atoms with Crippen LogP contribution in [-0.4, -0.2) is 26.4 Å². The molecule has 0 heterocycles. The number of nitriles is 1. The van der Waals surface area contributed by atoms with E-state index in [2.05, 4.69) is 0 Å². The molecule has 3 nitrogen and oxygen atoms in total. The Bertz CT molecular complexity index is 91.7.